The van der Waals surface area contributed by atoms with Crippen LogP contribution in [-0.2, 0) is 0 Å². The van der Waals surface area contributed by atoms with E-state index in [1.54, 1.807) is 24.3 Å². The Morgan fingerprint density at radius 2 is 2.33 bits per heavy atom. The Morgan fingerprint density at radius 1 is 1.50 bits per heavy atom. The molecule has 0 aromatic heterocycles. The second kappa shape index (κ2) is 2.81. The van der Waals surface area contributed by atoms with Crippen molar-refractivity contribution in [3.63, 3.8) is 0 Å². The molecule has 0 aliphatic carbocycles. The summed E-state index contributed by atoms with van der Waals surface area (Å²) < 4.78 is 50.2. The maximum Gasteiger partial charge on any atom is 0.122 e. The Morgan fingerprint density at radius 3 is 3.17 bits per heavy atom. The molecule has 0 bridgehead atoms. The topological polar surface area (TPSA) is 9.23 Å². The third-order valence-corrected chi connectivity index (χ3v) is 2.14. The van der Waals surface area contributed by atoms with Crippen LogP contribution in [0.1, 0.15) is 33.4 Å². The predicted molar refractivity (Wildman–Crippen MR) is 49.5 cm³/mol. The average molecular weight is 168 g/mol. The molecule has 0 spiro atoms. The molecule has 0 saturated heterocycles. The van der Waals surface area contributed by atoms with Crippen LogP contribution in [0.4, 0.5) is 0 Å². The van der Waals surface area contributed by atoms with Crippen LogP contribution in [0.3, 0.4) is 0 Å². The number of rotatable bonds is 1. The van der Waals surface area contributed by atoms with Gasteiger partial charge in [-0.15, -0.1) is 0 Å². The molecule has 1 nitrogen and oxygen atoms in total. The highest BCUT2D eigenvalue weighted by Crippen LogP contribution is 2.37. The van der Waals surface area contributed by atoms with Gasteiger partial charge >= 0.3 is 0 Å². The van der Waals surface area contributed by atoms with E-state index >= 15 is 0 Å². The summed E-state index contributed by atoms with van der Waals surface area (Å²) in [6, 6.07) is 7.00. The van der Waals surface area contributed by atoms with E-state index in [2.05, 4.69) is 0 Å². The summed E-state index contributed by atoms with van der Waals surface area (Å²) in [5.74, 6) is -1.42. The van der Waals surface area contributed by atoms with E-state index in [1.165, 1.54) is 0 Å². The Labute approximate surface area is 81.8 Å². The third kappa shape index (κ3) is 1.09. The molecule has 12 heavy (non-hydrogen) atoms. The third-order valence-electron chi connectivity index (χ3n) is 2.14. The number of hydrogen-bond acceptors (Lipinski definition) is 1. The van der Waals surface area contributed by atoms with Crippen LogP contribution in [0.5, 0.6) is 5.75 Å². The van der Waals surface area contributed by atoms with Gasteiger partial charge in [-0.3, -0.25) is 0 Å². The normalized spacial score (nSPS) is 30.2. The zero-order valence-corrected chi connectivity index (χ0v) is 6.58. The van der Waals surface area contributed by atoms with Gasteiger partial charge in [0.05, 0.1) is 6.61 Å². The maximum atomic E-state index is 7.47. The molecular formula is C11H14O. The van der Waals surface area contributed by atoms with Crippen LogP contribution in [0, 0.1) is 5.92 Å². The molecule has 1 atom stereocenters. The van der Waals surface area contributed by atoms with Crippen molar-refractivity contribution in [3.05, 3.63) is 29.8 Å². The monoisotopic (exact) mass is 168 g/mol. The van der Waals surface area contributed by atoms with Gasteiger partial charge in [0.1, 0.15) is 5.75 Å². The van der Waals surface area contributed by atoms with E-state index in [0.717, 1.165) is 0 Å². The summed E-state index contributed by atoms with van der Waals surface area (Å²) in [5.41, 5.74) is 0.676. The van der Waals surface area contributed by atoms with E-state index in [-0.39, 0.29) is 6.61 Å². The van der Waals surface area contributed by atoms with Crippen LogP contribution >= 0.6 is 0 Å². The number of fused-ring (bicyclic) bond motifs is 1. The molecule has 64 valence electrons. The summed E-state index contributed by atoms with van der Waals surface area (Å²) in [6.45, 7) is -4.95. The number of benzene rings is 1. The van der Waals surface area contributed by atoms with Crippen molar-refractivity contribution in [3.8, 4) is 5.75 Å². The zero-order chi connectivity index (χ0) is 13.6. The number of ether oxygens (including phenoxy) is 1. The van der Waals surface area contributed by atoms with Gasteiger partial charge < -0.3 is 4.74 Å². The van der Waals surface area contributed by atoms with E-state index in [0.29, 0.717) is 11.3 Å². The van der Waals surface area contributed by atoms with Gasteiger partial charge in [-0.25, -0.2) is 0 Å². The second-order valence-corrected chi connectivity index (χ2v) is 2.93. The summed E-state index contributed by atoms with van der Waals surface area (Å²) >= 11 is 0. The maximum absolute atomic E-state index is 7.47. The molecule has 0 saturated carbocycles. The van der Waals surface area contributed by atoms with Gasteiger partial charge in [0.25, 0.3) is 0 Å². The van der Waals surface area contributed by atoms with Crippen molar-refractivity contribution in [1.82, 2.24) is 0 Å². The van der Waals surface area contributed by atoms with Gasteiger partial charge in [0, 0.05) is 19.7 Å². The SMILES string of the molecule is [2H]C([2H])([2H])C(C1COc2ccccc21)C([2H])([2H])[2H]. The Kier molecular flexibility index (Phi) is 0.799. The van der Waals surface area contributed by atoms with Crippen molar-refractivity contribution in [1.29, 1.82) is 0 Å². The first-order chi connectivity index (χ1) is 8.21. The van der Waals surface area contributed by atoms with E-state index in [4.69, 9.17) is 13.0 Å². The van der Waals surface area contributed by atoms with Gasteiger partial charge in [-0.1, -0.05) is 31.9 Å². The molecule has 1 aliphatic rings. The molecule has 1 heterocycles. The first-order valence-electron chi connectivity index (χ1n) is 6.93. The van der Waals surface area contributed by atoms with E-state index in [1.807, 2.05) is 0 Å². The lowest BCUT2D eigenvalue weighted by Crippen LogP contribution is -2.07. The van der Waals surface area contributed by atoms with E-state index in [9.17, 15) is 0 Å². The highest BCUT2D eigenvalue weighted by Gasteiger charge is 2.25. The fourth-order valence-corrected chi connectivity index (χ4v) is 1.46. The summed E-state index contributed by atoms with van der Waals surface area (Å²) in [5, 5.41) is 0. The van der Waals surface area contributed by atoms with Crippen molar-refractivity contribution in [2.45, 2.75) is 19.6 Å². The Hall–Kier alpha value is -0.980. The van der Waals surface area contributed by atoms with Gasteiger partial charge in [-0.05, 0) is 12.0 Å². The first-order valence-corrected chi connectivity index (χ1v) is 3.93. The lowest BCUT2D eigenvalue weighted by Gasteiger charge is -2.11. The smallest absolute Gasteiger partial charge is 0.122 e. The summed E-state index contributed by atoms with van der Waals surface area (Å²) in [7, 11) is 0. The summed E-state index contributed by atoms with van der Waals surface area (Å²) in [4.78, 5) is 0. The molecule has 1 aromatic carbocycles. The van der Waals surface area contributed by atoms with Crippen LogP contribution in [0.2, 0.25) is 0 Å². The lowest BCUT2D eigenvalue weighted by atomic mass is 9.90. The molecular weight excluding hydrogens is 148 g/mol. The quantitative estimate of drug-likeness (QED) is 0.626. The number of hydrogen-bond donors (Lipinski definition) is 0. The molecule has 0 N–H and O–H groups in total. The first kappa shape index (κ1) is 3.41. The predicted octanol–water partition coefficient (Wildman–Crippen LogP) is 2.82. The standard InChI is InChI=1S/C11H14O/c1-8(2)10-7-12-11-6-4-3-5-9(10)11/h3-6,8,10H,7H2,1-2H3/i1D3,2D3. The minimum absolute atomic E-state index is 0.112. The van der Waals surface area contributed by atoms with Crippen LogP contribution < -0.4 is 4.74 Å². The molecule has 0 radical (unpaired) electrons. The minimum Gasteiger partial charge on any atom is -0.493 e. The van der Waals surface area contributed by atoms with Crippen LogP contribution in [-0.4, -0.2) is 6.61 Å². The van der Waals surface area contributed by atoms with Crippen LogP contribution in [0.15, 0.2) is 24.3 Å². The lowest BCUT2D eigenvalue weighted by molar-refractivity contribution is 0.304. The Balaban J connectivity index is 2.41. The largest absolute Gasteiger partial charge is 0.493 e. The van der Waals surface area contributed by atoms with Gasteiger partial charge in [0.15, 0.2) is 0 Å². The second-order valence-electron chi connectivity index (χ2n) is 2.93. The highest BCUT2D eigenvalue weighted by atomic mass is 16.5. The molecule has 2 rings (SSSR count). The molecule has 1 aliphatic heterocycles. The average Bonchev–Trinajstić information content (AvgIpc) is 2.58. The molecule has 1 unspecified atom stereocenters. The van der Waals surface area contributed by atoms with Crippen molar-refractivity contribution in [2.75, 3.05) is 6.61 Å². The highest BCUT2D eigenvalue weighted by molar-refractivity contribution is 5.39. The molecule has 1 aromatic rings. The van der Waals surface area contributed by atoms with Crippen molar-refractivity contribution in [2.24, 2.45) is 5.92 Å². The number of para-hydroxylation sites is 1. The fourth-order valence-electron chi connectivity index (χ4n) is 1.46. The van der Waals surface area contributed by atoms with E-state index < -0.39 is 25.5 Å². The Bertz CT molecular complexity index is 422. The minimum atomic E-state index is -2.53. The summed E-state index contributed by atoms with van der Waals surface area (Å²) in [6.07, 6.45) is 0. The van der Waals surface area contributed by atoms with Crippen molar-refractivity contribution >= 4 is 0 Å². The molecule has 0 fully saturated rings. The molecule has 1 heteroatoms. The zero-order valence-electron chi connectivity index (χ0n) is 12.6. The van der Waals surface area contributed by atoms with Crippen molar-refractivity contribution < 1.29 is 13.0 Å². The molecule has 0 amide bonds. The fraction of sp³-hybridized carbons (Fsp3) is 0.455. The van der Waals surface area contributed by atoms with Crippen LogP contribution in [0.25, 0.3) is 0 Å². The van der Waals surface area contributed by atoms with Gasteiger partial charge in [0.2, 0.25) is 0 Å². The van der Waals surface area contributed by atoms with Gasteiger partial charge in [-0.2, -0.15) is 0 Å².